The lowest BCUT2D eigenvalue weighted by Crippen LogP contribution is -2.53. The molecule has 0 saturated carbocycles. The number of carbonyl (C=O) groups excluding carboxylic acids is 2. The maximum Gasteiger partial charge on any atom is 0.261 e. The summed E-state index contributed by atoms with van der Waals surface area (Å²) in [7, 11) is 0. The van der Waals surface area contributed by atoms with Crippen molar-refractivity contribution >= 4 is 27.7 Å². The summed E-state index contributed by atoms with van der Waals surface area (Å²) in [6.07, 6.45) is 1.03. The van der Waals surface area contributed by atoms with Crippen LogP contribution in [-0.2, 0) is 22.6 Å². The van der Waals surface area contributed by atoms with Crippen LogP contribution in [0.25, 0.3) is 0 Å². The van der Waals surface area contributed by atoms with Crippen LogP contribution in [0.15, 0.2) is 77.3 Å². The molecule has 0 unspecified atom stereocenters. The first-order chi connectivity index (χ1) is 18.2. The van der Waals surface area contributed by atoms with Crippen LogP contribution in [0.4, 0.5) is 4.39 Å². The molecule has 7 heteroatoms. The molecule has 0 aliphatic carbocycles. The Balaban J connectivity index is 1.92. The lowest BCUT2D eigenvalue weighted by molar-refractivity contribution is -0.143. The zero-order valence-electron chi connectivity index (χ0n) is 22.4. The molecule has 3 aromatic carbocycles. The Hall–Kier alpha value is -3.19. The van der Waals surface area contributed by atoms with Crippen molar-refractivity contribution in [2.45, 2.75) is 65.1 Å². The lowest BCUT2D eigenvalue weighted by atomic mass is 10.0. The molecule has 2 atom stereocenters. The quantitative estimate of drug-likeness (QED) is 0.260. The third kappa shape index (κ3) is 8.15. The van der Waals surface area contributed by atoms with Crippen molar-refractivity contribution in [3.05, 3.63) is 99.8 Å². The molecule has 0 fully saturated rings. The normalized spacial score (nSPS) is 12.6. The van der Waals surface area contributed by atoms with E-state index < -0.39 is 17.8 Å². The van der Waals surface area contributed by atoms with E-state index in [1.807, 2.05) is 62.4 Å². The first-order valence-electron chi connectivity index (χ1n) is 13.0. The van der Waals surface area contributed by atoms with E-state index in [0.29, 0.717) is 17.2 Å². The number of rotatable bonds is 12. The summed E-state index contributed by atoms with van der Waals surface area (Å²) in [5.41, 5.74) is 2.37. The summed E-state index contributed by atoms with van der Waals surface area (Å²) in [5.74, 6) is -0.249. The molecule has 0 radical (unpaired) electrons. The third-order valence-corrected chi connectivity index (χ3v) is 7.16. The zero-order valence-corrected chi connectivity index (χ0v) is 24.0. The van der Waals surface area contributed by atoms with Gasteiger partial charge in [0.05, 0.1) is 4.47 Å². The number of benzene rings is 3. The summed E-state index contributed by atoms with van der Waals surface area (Å²) in [5, 5.41) is 3.01. The van der Waals surface area contributed by atoms with E-state index in [9.17, 15) is 14.0 Å². The van der Waals surface area contributed by atoms with E-state index in [1.54, 1.807) is 18.2 Å². The first kappa shape index (κ1) is 29.4. The van der Waals surface area contributed by atoms with E-state index in [0.717, 1.165) is 22.0 Å². The molecule has 0 saturated heterocycles. The van der Waals surface area contributed by atoms with Gasteiger partial charge in [-0.1, -0.05) is 75.4 Å². The molecule has 3 aromatic rings. The maximum absolute atomic E-state index is 14.7. The number of amides is 2. The van der Waals surface area contributed by atoms with Crippen LogP contribution in [0.3, 0.4) is 0 Å². The van der Waals surface area contributed by atoms with Crippen molar-refractivity contribution in [3.63, 3.8) is 0 Å². The molecular weight excluding hydrogens is 547 g/mol. The number of nitrogens with one attached hydrogen (secondary N) is 1. The molecule has 5 nitrogen and oxygen atoms in total. The Kier molecular flexibility index (Phi) is 10.9. The van der Waals surface area contributed by atoms with Crippen molar-refractivity contribution < 1.29 is 18.7 Å². The largest absolute Gasteiger partial charge is 0.483 e. The van der Waals surface area contributed by atoms with Gasteiger partial charge >= 0.3 is 0 Å². The van der Waals surface area contributed by atoms with Crippen LogP contribution in [0.1, 0.15) is 56.7 Å². The molecular formula is C31H36BrFN2O3. The van der Waals surface area contributed by atoms with Crippen molar-refractivity contribution in [3.8, 4) is 5.75 Å². The van der Waals surface area contributed by atoms with Crippen LogP contribution in [0, 0.1) is 5.82 Å². The molecule has 0 spiro atoms. The summed E-state index contributed by atoms with van der Waals surface area (Å²) >= 11 is 3.53. The number of halogens is 2. The average molecular weight is 584 g/mol. The molecule has 0 aliphatic rings. The summed E-state index contributed by atoms with van der Waals surface area (Å²) < 4.78 is 21.3. The van der Waals surface area contributed by atoms with Crippen LogP contribution in [0.5, 0.6) is 5.75 Å². The van der Waals surface area contributed by atoms with Crippen LogP contribution in [-0.4, -0.2) is 35.4 Å². The summed E-state index contributed by atoms with van der Waals surface area (Å²) in [6.45, 7) is 7.74. The van der Waals surface area contributed by atoms with Crippen molar-refractivity contribution in [1.82, 2.24) is 10.2 Å². The number of carbonyl (C=O) groups is 2. The van der Waals surface area contributed by atoms with Gasteiger partial charge in [-0.15, -0.1) is 0 Å². The SMILES string of the molecule is CC[C@@H](C)NC(=O)[C@H](Cc1ccccc1)N(Cc1ccccc1F)C(=O)COc1ccc(C(C)C)cc1Br. The number of nitrogens with zero attached hydrogens (tertiary/aromatic N) is 1. The van der Waals surface area contributed by atoms with Gasteiger partial charge < -0.3 is 15.0 Å². The average Bonchev–Trinajstić information content (AvgIpc) is 2.91. The fraction of sp³-hybridized carbons (Fsp3) is 0.355. The minimum absolute atomic E-state index is 0.0618. The Bertz CT molecular complexity index is 1220. The van der Waals surface area contributed by atoms with E-state index >= 15 is 0 Å². The molecule has 38 heavy (non-hydrogen) atoms. The number of ether oxygens (including phenoxy) is 1. The Morgan fingerprint density at radius 2 is 1.68 bits per heavy atom. The van der Waals surface area contributed by atoms with Crippen molar-refractivity contribution in [2.24, 2.45) is 0 Å². The summed E-state index contributed by atoms with van der Waals surface area (Å²) in [6, 6.07) is 20.7. The standard InChI is InChI=1S/C31H36BrFN2O3/c1-5-22(4)34-31(37)28(17-23-11-7-6-8-12-23)35(19-25-13-9-10-14-27(25)33)30(36)20-38-29-16-15-24(21(2)3)18-26(29)32/h6-16,18,21-22,28H,5,17,19-20H2,1-4H3,(H,34,37)/t22-,28+/m1/s1. The van der Waals surface area contributed by atoms with Gasteiger partial charge in [0.15, 0.2) is 6.61 Å². The van der Waals surface area contributed by atoms with Gasteiger partial charge in [0.1, 0.15) is 17.6 Å². The number of hydrogen-bond acceptors (Lipinski definition) is 3. The first-order valence-corrected chi connectivity index (χ1v) is 13.8. The van der Waals surface area contributed by atoms with Crippen molar-refractivity contribution in [2.75, 3.05) is 6.61 Å². The van der Waals surface area contributed by atoms with Gasteiger partial charge in [0.25, 0.3) is 5.91 Å². The Labute approximate surface area is 233 Å². The third-order valence-electron chi connectivity index (χ3n) is 6.54. The molecule has 0 heterocycles. The fourth-order valence-corrected chi connectivity index (χ4v) is 4.53. The highest BCUT2D eigenvalue weighted by atomic mass is 79.9. The van der Waals surface area contributed by atoms with Gasteiger partial charge in [-0.25, -0.2) is 4.39 Å². The summed E-state index contributed by atoms with van der Waals surface area (Å²) in [4.78, 5) is 28.6. The highest BCUT2D eigenvalue weighted by Gasteiger charge is 2.32. The second kappa shape index (κ2) is 14.1. The van der Waals surface area contributed by atoms with E-state index in [1.165, 1.54) is 11.0 Å². The molecule has 3 rings (SSSR count). The van der Waals surface area contributed by atoms with Crippen LogP contribution >= 0.6 is 15.9 Å². The van der Waals surface area contributed by atoms with Gasteiger partial charge in [0.2, 0.25) is 5.91 Å². The monoisotopic (exact) mass is 582 g/mol. The van der Waals surface area contributed by atoms with E-state index in [4.69, 9.17) is 4.74 Å². The topological polar surface area (TPSA) is 58.6 Å². The molecule has 0 aliphatic heterocycles. The van der Waals surface area contributed by atoms with Gasteiger partial charge in [0, 0.05) is 24.6 Å². The zero-order chi connectivity index (χ0) is 27.7. The Morgan fingerprint density at radius 3 is 2.32 bits per heavy atom. The second-order valence-electron chi connectivity index (χ2n) is 9.77. The molecule has 202 valence electrons. The predicted octanol–water partition coefficient (Wildman–Crippen LogP) is 6.65. The van der Waals surface area contributed by atoms with Gasteiger partial charge in [-0.05, 0) is 64.5 Å². The van der Waals surface area contributed by atoms with Crippen LogP contribution in [0.2, 0.25) is 0 Å². The Morgan fingerprint density at radius 1 is 1.00 bits per heavy atom. The van der Waals surface area contributed by atoms with Crippen LogP contribution < -0.4 is 10.1 Å². The highest BCUT2D eigenvalue weighted by molar-refractivity contribution is 9.10. The lowest BCUT2D eigenvalue weighted by Gasteiger charge is -2.32. The number of hydrogen-bond donors (Lipinski definition) is 1. The fourth-order valence-electron chi connectivity index (χ4n) is 4.02. The second-order valence-corrected chi connectivity index (χ2v) is 10.6. The minimum atomic E-state index is -0.853. The van der Waals surface area contributed by atoms with Gasteiger partial charge in [-0.2, -0.15) is 0 Å². The van der Waals surface area contributed by atoms with E-state index in [-0.39, 0.29) is 31.5 Å². The maximum atomic E-state index is 14.7. The molecule has 0 bridgehead atoms. The van der Waals surface area contributed by atoms with Crippen molar-refractivity contribution in [1.29, 1.82) is 0 Å². The van der Waals surface area contributed by atoms with E-state index in [2.05, 4.69) is 35.1 Å². The smallest absolute Gasteiger partial charge is 0.261 e. The minimum Gasteiger partial charge on any atom is -0.483 e. The highest BCUT2D eigenvalue weighted by Crippen LogP contribution is 2.29. The predicted molar refractivity (Wildman–Crippen MR) is 153 cm³/mol. The van der Waals surface area contributed by atoms with Gasteiger partial charge in [-0.3, -0.25) is 9.59 Å². The molecule has 2 amide bonds. The molecule has 1 N–H and O–H groups in total. The molecule has 0 aromatic heterocycles.